The molecule has 9 nitrogen and oxygen atoms in total. The van der Waals surface area contributed by atoms with Crippen molar-refractivity contribution < 1.29 is 42.9 Å². The number of rotatable bonds is 77. The van der Waals surface area contributed by atoms with Crippen molar-refractivity contribution in [2.45, 2.75) is 373 Å². The number of likely N-dealkylation sites (N-methyl/N-ethyl adjacent to an activating group) is 1. The molecule has 0 aliphatic heterocycles. The molecule has 9 heteroatoms. The van der Waals surface area contributed by atoms with Crippen molar-refractivity contribution in [2.24, 2.45) is 0 Å². The Labute approximate surface area is 623 Å². The number of nitrogens with zero attached hydrogens (tertiary/aromatic N) is 1. The van der Waals surface area contributed by atoms with Gasteiger partial charge in [-0.15, -0.1) is 0 Å². The molecule has 1 N–H and O–H groups in total. The SMILES string of the molecule is CC/C=C\C/C=C\C/C=C\C/C=C\C/C=C\C/C=C\CCCCCCCCCCCCCCCCCCCCCCCCC(=O)OC(COC(=O)CCCCCCCCCCCCCCCCCC/C=C\C/C=C\C/C=C\C/C=C\C/C=C\C/C=C\CC)COC(OCC[N+](C)(C)C)C(=O)O. The summed E-state index contributed by atoms with van der Waals surface area (Å²) in [4.78, 5) is 37.8. The third-order valence-corrected chi connectivity index (χ3v) is 18.1. The fourth-order valence-corrected chi connectivity index (χ4v) is 11.8. The Balaban J connectivity index is 3.99. The van der Waals surface area contributed by atoms with E-state index in [9.17, 15) is 19.5 Å². The maximum atomic E-state index is 13.0. The number of unbranched alkanes of at least 4 members (excludes halogenated alkanes) is 38. The first-order valence-electron chi connectivity index (χ1n) is 42.0. The van der Waals surface area contributed by atoms with Crippen LogP contribution in [-0.2, 0) is 33.3 Å². The first-order valence-corrected chi connectivity index (χ1v) is 42.0. The molecule has 2 atom stereocenters. The van der Waals surface area contributed by atoms with E-state index in [2.05, 4.69) is 160 Å². The lowest BCUT2D eigenvalue weighted by Crippen LogP contribution is -2.40. The van der Waals surface area contributed by atoms with E-state index >= 15 is 0 Å². The molecular formula is C92H158NO8+. The van der Waals surface area contributed by atoms with E-state index in [0.29, 0.717) is 17.4 Å². The first kappa shape index (κ1) is 96.2. The average molecular weight is 1410 g/mol. The van der Waals surface area contributed by atoms with E-state index < -0.39 is 24.3 Å². The fraction of sp³-hybridized carbons (Fsp3) is 0.707. The van der Waals surface area contributed by atoms with Crippen molar-refractivity contribution in [3.63, 3.8) is 0 Å². The van der Waals surface area contributed by atoms with Gasteiger partial charge in [0.05, 0.1) is 34.4 Å². The average Bonchev–Trinajstić information content (AvgIpc) is 1.21. The van der Waals surface area contributed by atoms with Crippen LogP contribution in [0.15, 0.2) is 146 Å². The topological polar surface area (TPSA) is 108 Å². The van der Waals surface area contributed by atoms with Crippen molar-refractivity contribution in [3.8, 4) is 0 Å². The van der Waals surface area contributed by atoms with E-state index in [-0.39, 0.29) is 32.2 Å². The van der Waals surface area contributed by atoms with Crippen LogP contribution in [0.5, 0.6) is 0 Å². The zero-order chi connectivity index (χ0) is 73.2. The lowest BCUT2D eigenvalue weighted by atomic mass is 10.0. The molecule has 0 spiro atoms. The van der Waals surface area contributed by atoms with Gasteiger partial charge >= 0.3 is 17.9 Å². The number of ether oxygens (including phenoxy) is 4. The Morgan fingerprint density at radius 2 is 0.535 bits per heavy atom. The van der Waals surface area contributed by atoms with Crippen molar-refractivity contribution in [2.75, 3.05) is 47.5 Å². The summed E-state index contributed by atoms with van der Waals surface area (Å²) in [7, 11) is 5.99. The number of allylic oxidation sites excluding steroid dienone is 24. The highest BCUT2D eigenvalue weighted by atomic mass is 16.7. The summed E-state index contributed by atoms with van der Waals surface area (Å²) < 4.78 is 23.1. The van der Waals surface area contributed by atoms with Crippen molar-refractivity contribution in [3.05, 3.63) is 146 Å². The monoisotopic (exact) mass is 1410 g/mol. The summed E-state index contributed by atoms with van der Waals surface area (Å²) in [6.07, 6.45) is 116. The highest BCUT2D eigenvalue weighted by molar-refractivity contribution is 5.71. The van der Waals surface area contributed by atoms with Gasteiger partial charge in [-0.2, -0.15) is 0 Å². The van der Waals surface area contributed by atoms with Crippen LogP contribution in [0.1, 0.15) is 361 Å². The van der Waals surface area contributed by atoms with Crippen LogP contribution in [0, 0.1) is 0 Å². The summed E-state index contributed by atoms with van der Waals surface area (Å²) in [6, 6.07) is 0. The highest BCUT2D eigenvalue weighted by Gasteiger charge is 2.25. The third-order valence-electron chi connectivity index (χ3n) is 18.1. The van der Waals surface area contributed by atoms with Gasteiger partial charge in [0.15, 0.2) is 6.10 Å². The highest BCUT2D eigenvalue weighted by Crippen LogP contribution is 2.19. The molecule has 0 aromatic rings. The van der Waals surface area contributed by atoms with Crippen LogP contribution in [0.2, 0.25) is 0 Å². The normalized spacial score (nSPS) is 13.4. The molecule has 0 amide bonds. The van der Waals surface area contributed by atoms with E-state index in [1.165, 1.54) is 218 Å². The molecule has 0 radical (unpaired) electrons. The maximum Gasteiger partial charge on any atom is 0.361 e. The number of quaternary nitrogens is 1. The summed E-state index contributed by atoms with van der Waals surface area (Å²) in [6.45, 7) is 4.68. The Morgan fingerprint density at radius 3 is 0.792 bits per heavy atom. The molecule has 0 fully saturated rings. The summed E-state index contributed by atoms with van der Waals surface area (Å²) in [5, 5.41) is 9.79. The number of carbonyl (C=O) groups excluding carboxylic acids is 2. The van der Waals surface area contributed by atoms with Gasteiger partial charge in [0.1, 0.15) is 13.2 Å². The molecular weight excluding hydrogens is 1250 g/mol. The van der Waals surface area contributed by atoms with Gasteiger partial charge < -0.3 is 28.5 Å². The fourth-order valence-electron chi connectivity index (χ4n) is 11.8. The molecule has 101 heavy (non-hydrogen) atoms. The third kappa shape index (κ3) is 82.3. The number of hydrogen-bond acceptors (Lipinski definition) is 7. The number of aliphatic carboxylic acids is 1. The minimum Gasteiger partial charge on any atom is -0.477 e. The van der Waals surface area contributed by atoms with E-state index in [1.807, 2.05) is 21.1 Å². The zero-order valence-corrected chi connectivity index (χ0v) is 66.3. The van der Waals surface area contributed by atoms with Gasteiger partial charge in [-0.1, -0.05) is 378 Å². The van der Waals surface area contributed by atoms with Gasteiger partial charge in [-0.05, 0) is 116 Å². The van der Waals surface area contributed by atoms with Crippen LogP contribution in [-0.4, -0.2) is 87.4 Å². The number of hydrogen-bond donors (Lipinski definition) is 1. The minimum absolute atomic E-state index is 0.183. The second kappa shape index (κ2) is 80.8. The molecule has 0 aliphatic carbocycles. The van der Waals surface area contributed by atoms with Crippen molar-refractivity contribution in [1.29, 1.82) is 0 Å². The lowest BCUT2D eigenvalue weighted by molar-refractivity contribution is -0.870. The van der Waals surface area contributed by atoms with Gasteiger partial charge in [-0.3, -0.25) is 9.59 Å². The molecule has 578 valence electrons. The van der Waals surface area contributed by atoms with E-state index in [4.69, 9.17) is 18.9 Å². The Hall–Kier alpha value is -4.83. The smallest absolute Gasteiger partial charge is 0.361 e. The predicted octanol–water partition coefficient (Wildman–Crippen LogP) is 27.4. The molecule has 2 unspecified atom stereocenters. The summed E-state index contributed by atoms with van der Waals surface area (Å²) >= 11 is 0. The van der Waals surface area contributed by atoms with E-state index in [1.54, 1.807) is 0 Å². The van der Waals surface area contributed by atoms with Crippen LogP contribution in [0.4, 0.5) is 0 Å². The van der Waals surface area contributed by atoms with E-state index in [0.717, 1.165) is 116 Å². The number of carboxylic acid groups (broad SMARTS) is 1. The molecule has 0 rings (SSSR count). The molecule has 0 saturated heterocycles. The van der Waals surface area contributed by atoms with Gasteiger partial charge in [0.25, 0.3) is 6.29 Å². The zero-order valence-electron chi connectivity index (χ0n) is 66.3. The van der Waals surface area contributed by atoms with Crippen LogP contribution >= 0.6 is 0 Å². The van der Waals surface area contributed by atoms with Gasteiger partial charge in [0.2, 0.25) is 0 Å². The van der Waals surface area contributed by atoms with Gasteiger partial charge in [0, 0.05) is 12.8 Å². The number of carbonyl (C=O) groups is 3. The largest absolute Gasteiger partial charge is 0.477 e. The number of carboxylic acids is 1. The Kier molecular flexibility index (Phi) is 77.0. The second-order valence-electron chi connectivity index (χ2n) is 29.0. The Bertz CT molecular complexity index is 2180. The standard InChI is InChI=1S/C92H157NO8/c1-6-8-10-12-14-16-18-20-22-24-26-28-30-32-34-36-38-40-42-43-44-45-46-47-49-51-53-55-57-59-61-63-65-67-69-71-73-75-77-79-81-83-90(95)101-88(87-100-92(91(96)97)98-85-84-93(3,4)5)86-99-89(94)82-80-78-76-74-72-70-68-66-64-62-60-58-56-54-52-50-48-41-39-37-35-33-31-29-27-25-23-21-19-17-15-13-11-9-7-2/h8-11,14-17,20-23,26-29,32-35,38-41,88,92H,6-7,12-13,18-19,24-25,30-31,36-37,42-87H2,1-5H3/p+1/b10-8-,11-9-,16-14-,17-15-,22-20-,23-21-,28-26-,29-27-,34-32-,35-33-,40-38-,41-39-. The number of esters is 2. The molecule has 0 heterocycles. The maximum absolute atomic E-state index is 13.0. The first-order chi connectivity index (χ1) is 49.6. The molecule has 0 bridgehead atoms. The quantitative estimate of drug-likeness (QED) is 0.0211. The van der Waals surface area contributed by atoms with Crippen LogP contribution < -0.4 is 0 Å². The van der Waals surface area contributed by atoms with Crippen LogP contribution in [0.3, 0.4) is 0 Å². The van der Waals surface area contributed by atoms with Crippen molar-refractivity contribution >= 4 is 17.9 Å². The molecule has 0 aliphatic rings. The summed E-state index contributed by atoms with van der Waals surface area (Å²) in [5.41, 5.74) is 0. The predicted molar refractivity (Wildman–Crippen MR) is 437 cm³/mol. The summed E-state index contributed by atoms with van der Waals surface area (Å²) in [5.74, 6) is -1.99. The molecule has 0 saturated carbocycles. The lowest BCUT2D eigenvalue weighted by Gasteiger charge is -2.25. The van der Waals surface area contributed by atoms with Crippen molar-refractivity contribution in [1.82, 2.24) is 0 Å². The molecule has 0 aromatic heterocycles. The van der Waals surface area contributed by atoms with Crippen LogP contribution in [0.25, 0.3) is 0 Å². The minimum atomic E-state index is -1.52. The molecule has 0 aromatic carbocycles. The Morgan fingerprint density at radius 1 is 0.297 bits per heavy atom. The van der Waals surface area contributed by atoms with Gasteiger partial charge in [-0.25, -0.2) is 4.79 Å². The second-order valence-corrected chi connectivity index (χ2v) is 29.0.